The van der Waals surface area contributed by atoms with Crippen LogP contribution in [0.4, 0.5) is 0 Å². The quantitative estimate of drug-likeness (QED) is 0.872. The predicted molar refractivity (Wildman–Crippen MR) is 104 cm³/mol. The molecule has 1 aliphatic rings. The molecule has 0 unspecified atom stereocenters. The monoisotopic (exact) mass is 377 g/mol. The van der Waals surface area contributed by atoms with E-state index in [0.717, 1.165) is 15.3 Å². The molecule has 1 aliphatic heterocycles. The Morgan fingerprint density at radius 1 is 1.31 bits per heavy atom. The van der Waals surface area contributed by atoms with Gasteiger partial charge in [0.1, 0.15) is 4.83 Å². The van der Waals surface area contributed by atoms with Crippen LogP contribution in [0.15, 0.2) is 11.1 Å². The van der Waals surface area contributed by atoms with Crippen LogP contribution >= 0.6 is 11.3 Å². The van der Waals surface area contributed by atoms with Gasteiger partial charge in [0, 0.05) is 23.4 Å². The van der Waals surface area contributed by atoms with Crippen molar-refractivity contribution >= 4 is 27.5 Å². The lowest BCUT2D eigenvalue weighted by Gasteiger charge is -2.40. The van der Waals surface area contributed by atoms with Crippen molar-refractivity contribution in [3.63, 3.8) is 0 Å². The highest BCUT2D eigenvalue weighted by Gasteiger charge is 2.37. The molecule has 0 bridgehead atoms. The van der Waals surface area contributed by atoms with Crippen molar-refractivity contribution in [2.24, 2.45) is 5.41 Å². The van der Waals surface area contributed by atoms with E-state index in [0.29, 0.717) is 31.3 Å². The number of rotatable bonds is 2. The van der Waals surface area contributed by atoms with E-state index in [-0.39, 0.29) is 18.0 Å². The second kappa shape index (κ2) is 6.46. The first kappa shape index (κ1) is 19.0. The van der Waals surface area contributed by atoms with Gasteiger partial charge in [-0.1, -0.05) is 20.8 Å². The Hall–Kier alpha value is -1.73. The zero-order valence-corrected chi connectivity index (χ0v) is 16.9. The van der Waals surface area contributed by atoms with Gasteiger partial charge >= 0.3 is 0 Å². The van der Waals surface area contributed by atoms with E-state index in [2.05, 4.69) is 4.98 Å². The number of aryl methyl sites for hydroxylation is 2. The first-order chi connectivity index (χ1) is 12.0. The lowest BCUT2D eigenvalue weighted by atomic mass is 9.88. The van der Waals surface area contributed by atoms with Crippen molar-refractivity contribution in [3.05, 3.63) is 27.1 Å². The van der Waals surface area contributed by atoms with Crippen LogP contribution < -0.4 is 5.56 Å². The number of carbonyl (C=O) groups excluding carboxylic acids is 1. The molecule has 2 aromatic heterocycles. The molecular formula is C19H27N3O3S. The third kappa shape index (κ3) is 3.42. The van der Waals surface area contributed by atoms with Crippen molar-refractivity contribution in [1.82, 2.24) is 14.5 Å². The molecule has 142 valence electrons. The maximum absolute atomic E-state index is 12.8. The molecule has 1 N–H and O–H groups in total. The molecule has 2 aromatic rings. The number of fused-ring (bicyclic) bond motifs is 1. The minimum Gasteiger partial charge on any atom is -0.388 e. The molecule has 1 fully saturated rings. The third-order valence-electron chi connectivity index (χ3n) is 5.24. The number of likely N-dealkylation sites (tertiary alicyclic amines) is 1. The average molecular weight is 378 g/mol. The summed E-state index contributed by atoms with van der Waals surface area (Å²) in [5.41, 5.74) is -0.546. The van der Waals surface area contributed by atoms with Crippen molar-refractivity contribution < 1.29 is 9.90 Å². The first-order valence-electron chi connectivity index (χ1n) is 8.99. The predicted octanol–water partition coefficient (Wildman–Crippen LogP) is 2.47. The van der Waals surface area contributed by atoms with Crippen LogP contribution in [0.1, 0.15) is 44.1 Å². The van der Waals surface area contributed by atoms with Crippen LogP contribution in [-0.2, 0) is 11.3 Å². The summed E-state index contributed by atoms with van der Waals surface area (Å²) in [5.74, 6) is 0.101. The number of carbonyl (C=O) groups is 1. The molecule has 0 saturated carbocycles. The number of nitrogens with zero attached hydrogens (tertiary/aromatic N) is 3. The number of hydrogen-bond donors (Lipinski definition) is 1. The van der Waals surface area contributed by atoms with Gasteiger partial charge in [0.15, 0.2) is 0 Å². The molecule has 0 radical (unpaired) electrons. The number of aliphatic hydroxyl groups is 1. The van der Waals surface area contributed by atoms with Crippen LogP contribution in [0.2, 0.25) is 0 Å². The van der Waals surface area contributed by atoms with Crippen molar-refractivity contribution in [2.45, 2.75) is 59.6 Å². The maximum Gasteiger partial charge on any atom is 0.262 e. The summed E-state index contributed by atoms with van der Waals surface area (Å²) < 4.78 is 1.52. The summed E-state index contributed by atoms with van der Waals surface area (Å²) in [4.78, 5) is 33.3. The molecular weight excluding hydrogens is 350 g/mol. The van der Waals surface area contributed by atoms with Crippen LogP contribution in [0.5, 0.6) is 0 Å². The van der Waals surface area contributed by atoms with Gasteiger partial charge in [-0.25, -0.2) is 4.98 Å². The summed E-state index contributed by atoms with van der Waals surface area (Å²) in [6, 6.07) is 0. The summed E-state index contributed by atoms with van der Waals surface area (Å²) in [7, 11) is 0. The minimum atomic E-state index is -0.993. The fraction of sp³-hybridized carbons (Fsp3) is 0.632. The third-order valence-corrected chi connectivity index (χ3v) is 6.36. The Morgan fingerprint density at radius 2 is 1.92 bits per heavy atom. The average Bonchev–Trinajstić information content (AvgIpc) is 2.85. The minimum absolute atomic E-state index is 0.0986. The highest BCUT2D eigenvalue weighted by Crippen LogP contribution is 2.29. The van der Waals surface area contributed by atoms with E-state index >= 15 is 0 Å². The molecule has 6 nitrogen and oxygen atoms in total. The van der Waals surface area contributed by atoms with Gasteiger partial charge in [-0.2, -0.15) is 0 Å². The van der Waals surface area contributed by atoms with Crippen molar-refractivity contribution in [1.29, 1.82) is 0 Å². The molecule has 0 aliphatic carbocycles. The molecule has 26 heavy (non-hydrogen) atoms. The summed E-state index contributed by atoms with van der Waals surface area (Å²) in [5, 5.41) is 11.6. The SMILES string of the molecule is Cc1sc2ncn(CC3(O)CCN(C(=O)C(C)(C)C)CC3)c(=O)c2c1C. The largest absolute Gasteiger partial charge is 0.388 e. The van der Waals surface area contributed by atoms with E-state index < -0.39 is 11.0 Å². The van der Waals surface area contributed by atoms with Gasteiger partial charge in [0.25, 0.3) is 5.56 Å². The second-order valence-electron chi connectivity index (χ2n) is 8.41. The molecule has 3 heterocycles. The zero-order valence-electron chi connectivity index (χ0n) is 16.1. The summed E-state index contributed by atoms with van der Waals surface area (Å²) in [6.07, 6.45) is 2.45. The van der Waals surface area contributed by atoms with Crippen LogP contribution in [-0.4, -0.2) is 44.2 Å². The van der Waals surface area contributed by atoms with Gasteiger partial charge < -0.3 is 10.0 Å². The number of aromatic nitrogens is 2. The summed E-state index contributed by atoms with van der Waals surface area (Å²) in [6.45, 7) is 10.9. The smallest absolute Gasteiger partial charge is 0.262 e. The highest BCUT2D eigenvalue weighted by atomic mass is 32.1. The molecule has 0 spiro atoms. The van der Waals surface area contributed by atoms with E-state index in [1.165, 1.54) is 22.2 Å². The first-order valence-corrected chi connectivity index (χ1v) is 9.80. The second-order valence-corrected chi connectivity index (χ2v) is 9.61. The summed E-state index contributed by atoms with van der Waals surface area (Å²) >= 11 is 1.52. The highest BCUT2D eigenvalue weighted by molar-refractivity contribution is 7.18. The van der Waals surface area contributed by atoms with Crippen molar-refractivity contribution in [2.75, 3.05) is 13.1 Å². The van der Waals surface area contributed by atoms with Gasteiger partial charge in [0.2, 0.25) is 5.91 Å². The Labute approximate surface area is 157 Å². The zero-order chi connectivity index (χ0) is 19.3. The number of hydrogen-bond acceptors (Lipinski definition) is 5. The fourth-order valence-corrected chi connectivity index (χ4v) is 4.45. The van der Waals surface area contributed by atoms with Gasteiger partial charge in [-0.3, -0.25) is 14.2 Å². The van der Waals surface area contributed by atoms with Crippen LogP contribution in [0, 0.1) is 19.3 Å². The Morgan fingerprint density at radius 3 is 2.50 bits per heavy atom. The van der Waals surface area contributed by atoms with Gasteiger partial charge in [-0.05, 0) is 32.3 Å². The van der Waals surface area contributed by atoms with Gasteiger partial charge in [-0.15, -0.1) is 11.3 Å². The number of piperidine rings is 1. The lowest BCUT2D eigenvalue weighted by molar-refractivity contribution is -0.144. The topological polar surface area (TPSA) is 75.4 Å². The lowest BCUT2D eigenvalue weighted by Crippen LogP contribution is -2.51. The standard InChI is InChI=1S/C19H27N3O3S/c1-12-13(2)26-15-14(12)16(23)22(11-20-15)10-19(25)6-8-21(9-7-19)17(24)18(3,4)5/h11,25H,6-10H2,1-5H3. The van der Waals surface area contributed by atoms with Crippen molar-refractivity contribution in [3.8, 4) is 0 Å². The Kier molecular flexibility index (Phi) is 4.73. The molecule has 1 amide bonds. The molecule has 7 heteroatoms. The Balaban J connectivity index is 1.79. The van der Waals surface area contributed by atoms with E-state index in [9.17, 15) is 14.7 Å². The van der Waals surface area contributed by atoms with Crippen LogP contribution in [0.25, 0.3) is 10.2 Å². The normalized spacial score (nSPS) is 17.7. The molecule has 0 aromatic carbocycles. The maximum atomic E-state index is 12.8. The van der Waals surface area contributed by atoms with Gasteiger partial charge in [0.05, 0.1) is 23.9 Å². The Bertz CT molecular complexity index is 899. The number of amides is 1. The molecule has 3 rings (SSSR count). The van der Waals surface area contributed by atoms with E-state index in [4.69, 9.17) is 0 Å². The molecule has 1 saturated heterocycles. The fourth-order valence-electron chi connectivity index (χ4n) is 3.46. The van der Waals surface area contributed by atoms with E-state index in [1.54, 1.807) is 0 Å². The molecule has 0 atom stereocenters. The van der Waals surface area contributed by atoms with Crippen LogP contribution in [0.3, 0.4) is 0 Å². The number of thiophene rings is 1. The van der Waals surface area contributed by atoms with E-state index in [1.807, 2.05) is 39.5 Å².